The molecule has 0 unspecified atom stereocenters. The highest BCUT2D eigenvalue weighted by Crippen LogP contribution is 2.32. The number of nitrogens with one attached hydrogen (secondary N) is 2. The second-order valence-electron chi connectivity index (χ2n) is 8.54. The predicted molar refractivity (Wildman–Crippen MR) is 140 cm³/mol. The molecule has 0 fully saturated rings. The normalized spacial score (nSPS) is 11.6. The third-order valence-electron chi connectivity index (χ3n) is 5.68. The Balaban J connectivity index is 1.78. The number of hydrogen-bond donors (Lipinski definition) is 3. The quantitative estimate of drug-likeness (QED) is 0.258. The second-order valence-corrected chi connectivity index (χ2v) is 8.54. The number of carbonyl (C=O) groups excluding carboxylic acids is 2. The minimum Gasteiger partial charge on any atom is -0.494 e. The number of fused-ring (bicyclic) bond motifs is 1. The van der Waals surface area contributed by atoms with Crippen molar-refractivity contribution in [1.29, 1.82) is 0 Å². The Morgan fingerprint density at radius 3 is 2.44 bits per heavy atom. The number of aromatic nitrogens is 1. The van der Waals surface area contributed by atoms with Gasteiger partial charge in [0, 0.05) is 35.1 Å². The Hall–Kier alpha value is -4.43. The summed E-state index contributed by atoms with van der Waals surface area (Å²) in [4.78, 5) is 34.4. The Kier molecular flexibility index (Phi) is 7.46. The van der Waals surface area contributed by atoms with E-state index >= 15 is 0 Å². The van der Waals surface area contributed by atoms with E-state index in [2.05, 4.69) is 10.3 Å². The average molecular weight is 485 g/mol. The van der Waals surface area contributed by atoms with Crippen LogP contribution in [-0.2, 0) is 4.74 Å². The third kappa shape index (κ3) is 5.45. The number of carbonyl (C=O) groups is 2. The lowest BCUT2D eigenvalue weighted by Gasteiger charge is -2.11. The number of hydrogen-bond acceptors (Lipinski definition) is 6. The van der Waals surface area contributed by atoms with Gasteiger partial charge in [-0.3, -0.25) is 4.79 Å². The standard InChI is InChI=1S/C28H28N4O4/c1-32(2)15-14-29-26(33)19-10-7-11-21(16-19)30-25(18-8-5-4-6-9-18)24-22-13-12-20(28(35)36-3)17-23(22)31-27(24)34/h4-13,16-17,31,34H,14-15H2,1-3H3,(H,29,33). The number of likely N-dealkylation sites (N-methyl/N-ethyl adjacent to an activating group) is 1. The lowest BCUT2D eigenvalue weighted by molar-refractivity contribution is 0.0600. The van der Waals surface area contributed by atoms with E-state index in [1.807, 2.05) is 49.3 Å². The number of nitrogens with zero attached hydrogens (tertiary/aromatic N) is 2. The lowest BCUT2D eigenvalue weighted by Crippen LogP contribution is -2.31. The van der Waals surface area contributed by atoms with E-state index in [1.54, 1.807) is 42.5 Å². The highest BCUT2D eigenvalue weighted by molar-refractivity contribution is 6.22. The van der Waals surface area contributed by atoms with Gasteiger partial charge in [-0.25, -0.2) is 9.79 Å². The van der Waals surface area contributed by atoms with E-state index in [0.717, 1.165) is 12.1 Å². The Morgan fingerprint density at radius 2 is 1.72 bits per heavy atom. The van der Waals surface area contributed by atoms with Crippen molar-refractivity contribution in [3.05, 3.63) is 95.1 Å². The maximum absolute atomic E-state index is 12.6. The number of amides is 1. The molecule has 0 aliphatic rings. The van der Waals surface area contributed by atoms with Crippen molar-refractivity contribution in [2.24, 2.45) is 4.99 Å². The second kappa shape index (κ2) is 10.9. The van der Waals surface area contributed by atoms with Crippen LogP contribution in [0.4, 0.5) is 5.69 Å². The van der Waals surface area contributed by atoms with Crippen LogP contribution >= 0.6 is 0 Å². The number of aromatic hydroxyl groups is 1. The zero-order valence-corrected chi connectivity index (χ0v) is 20.4. The molecule has 0 saturated carbocycles. The smallest absolute Gasteiger partial charge is 0.337 e. The van der Waals surface area contributed by atoms with Crippen LogP contribution in [0, 0.1) is 0 Å². The van der Waals surface area contributed by atoms with Gasteiger partial charge in [0.2, 0.25) is 0 Å². The van der Waals surface area contributed by atoms with Gasteiger partial charge in [0.1, 0.15) is 0 Å². The molecule has 1 amide bonds. The van der Waals surface area contributed by atoms with E-state index in [-0.39, 0.29) is 11.8 Å². The largest absolute Gasteiger partial charge is 0.494 e. The van der Waals surface area contributed by atoms with Crippen LogP contribution in [0.25, 0.3) is 10.9 Å². The number of rotatable bonds is 8. The summed E-state index contributed by atoms with van der Waals surface area (Å²) in [5.41, 5.74) is 3.80. The highest BCUT2D eigenvalue weighted by Gasteiger charge is 2.20. The summed E-state index contributed by atoms with van der Waals surface area (Å²) < 4.78 is 4.81. The molecule has 0 atom stereocenters. The molecule has 4 rings (SSSR count). The van der Waals surface area contributed by atoms with Gasteiger partial charge in [0.15, 0.2) is 5.88 Å². The molecule has 0 aliphatic carbocycles. The lowest BCUT2D eigenvalue weighted by atomic mass is 10.00. The number of aliphatic imine (C=N–C) groups is 1. The van der Waals surface area contributed by atoms with Crippen molar-refractivity contribution in [1.82, 2.24) is 15.2 Å². The van der Waals surface area contributed by atoms with Crippen LogP contribution in [0.15, 0.2) is 77.8 Å². The number of benzene rings is 3. The Morgan fingerprint density at radius 1 is 0.972 bits per heavy atom. The molecule has 0 saturated heterocycles. The van der Waals surface area contributed by atoms with E-state index in [4.69, 9.17) is 9.73 Å². The average Bonchev–Trinajstić information content (AvgIpc) is 3.21. The minimum absolute atomic E-state index is 0.0767. The predicted octanol–water partition coefficient (Wildman–Crippen LogP) is 4.12. The Bertz CT molecular complexity index is 1420. The van der Waals surface area contributed by atoms with Crippen LogP contribution in [-0.4, -0.2) is 66.9 Å². The fraction of sp³-hybridized carbons (Fsp3) is 0.179. The summed E-state index contributed by atoms with van der Waals surface area (Å²) in [5, 5.41) is 14.5. The first-order valence-electron chi connectivity index (χ1n) is 11.5. The van der Waals surface area contributed by atoms with Gasteiger partial charge < -0.3 is 25.0 Å². The molecule has 0 aliphatic heterocycles. The summed E-state index contributed by atoms with van der Waals surface area (Å²) >= 11 is 0. The van der Waals surface area contributed by atoms with E-state index in [9.17, 15) is 14.7 Å². The SMILES string of the molecule is COC(=O)c1ccc2c(C(=Nc3cccc(C(=O)NCCN(C)C)c3)c3ccccc3)c(O)[nH]c2c1. The first-order chi connectivity index (χ1) is 17.4. The topological polar surface area (TPSA) is 107 Å². The first-order valence-corrected chi connectivity index (χ1v) is 11.5. The van der Waals surface area contributed by atoms with Crippen molar-refractivity contribution < 1.29 is 19.4 Å². The third-order valence-corrected chi connectivity index (χ3v) is 5.68. The molecule has 0 bridgehead atoms. The van der Waals surface area contributed by atoms with Gasteiger partial charge in [-0.2, -0.15) is 0 Å². The number of methoxy groups -OCH3 is 1. The molecular formula is C28H28N4O4. The van der Waals surface area contributed by atoms with Crippen molar-refractivity contribution >= 4 is 34.2 Å². The zero-order valence-electron chi connectivity index (χ0n) is 20.4. The van der Waals surface area contributed by atoms with E-state index in [0.29, 0.717) is 45.5 Å². The van der Waals surface area contributed by atoms with Crippen molar-refractivity contribution in [2.75, 3.05) is 34.3 Å². The van der Waals surface area contributed by atoms with Gasteiger partial charge in [0.05, 0.1) is 29.6 Å². The maximum atomic E-state index is 12.6. The summed E-state index contributed by atoms with van der Waals surface area (Å²) in [6.45, 7) is 1.27. The van der Waals surface area contributed by atoms with Crippen molar-refractivity contribution in [3.63, 3.8) is 0 Å². The van der Waals surface area contributed by atoms with Crippen LogP contribution < -0.4 is 5.32 Å². The van der Waals surface area contributed by atoms with E-state index in [1.165, 1.54) is 7.11 Å². The maximum Gasteiger partial charge on any atom is 0.337 e. The van der Waals surface area contributed by atoms with Crippen molar-refractivity contribution in [3.8, 4) is 5.88 Å². The summed E-state index contributed by atoms with van der Waals surface area (Å²) in [5.74, 6) is -0.724. The molecule has 1 heterocycles. The first kappa shape index (κ1) is 24.7. The number of esters is 1. The molecule has 3 aromatic carbocycles. The van der Waals surface area contributed by atoms with Gasteiger partial charge in [-0.15, -0.1) is 0 Å². The molecule has 184 valence electrons. The molecule has 0 radical (unpaired) electrons. The molecule has 3 N–H and O–H groups in total. The summed E-state index contributed by atoms with van der Waals surface area (Å²) in [7, 11) is 5.22. The minimum atomic E-state index is -0.467. The van der Waals surface area contributed by atoms with Crippen LogP contribution in [0.1, 0.15) is 31.8 Å². The fourth-order valence-electron chi connectivity index (χ4n) is 3.87. The van der Waals surface area contributed by atoms with Gasteiger partial charge in [-0.05, 0) is 44.4 Å². The summed E-state index contributed by atoms with van der Waals surface area (Å²) in [6.07, 6.45) is 0. The van der Waals surface area contributed by atoms with E-state index < -0.39 is 5.97 Å². The van der Waals surface area contributed by atoms with Gasteiger partial charge >= 0.3 is 5.97 Å². The zero-order chi connectivity index (χ0) is 25.7. The summed E-state index contributed by atoms with van der Waals surface area (Å²) in [6, 6.07) is 21.5. The molecule has 8 heteroatoms. The number of ether oxygens (including phenoxy) is 1. The monoisotopic (exact) mass is 484 g/mol. The van der Waals surface area contributed by atoms with Crippen LogP contribution in [0.2, 0.25) is 0 Å². The van der Waals surface area contributed by atoms with Gasteiger partial charge in [0.25, 0.3) is 5.91 Å². The number of aromatic amines is 1. The van der Waals surface area contributed by atoms with Crippen molar-refractivity contribution in [2.45, 2.75) is 0 Å². The molecular weight excluding hydrogens is 456 g/mol. The molecule has 4 aromatic rings. The Labute approximate surface area is 209 Å². The molecule has 8 nitrogen and oxygen atoms in total. The molecule has 36 heavy (non-hydrogen) atoms. The van der Waals surface area contributed by atoms with Crippen LogP contribution in [0.5, 0.6) is 5.88 Å². The van der Waals surface area contributed by atoms with Gasteiger partial charge in [-0.1, -0.05) is 42.5 Å². The fourth-order valence-corrected chi connectivity index (χ4v) is 3.87. The highest BCUT2D eigenvalue weighted by atomic mass is 16.5. The van der Waals surface area contributed by atoms with Crippen LogP contribution in [0.3, 0.4) is 0 Å². The number of H-pyrrole nitrogens is 1. The molecule has 1 aromatic heterocycles. The molecule has 0 spiro atoms.